The van der Waals surface area contributed by atoms with Gasteiger partial charge in [-0.2, -0.15) is 13.2 Å². The molecule has 0 aromatic heterocycles. The minimum atomic E-state index is -6.85. The molecule has 8 heavy (non-hydrogen) atoms. The maximum absolute atomic E-state index is 10.7. The molecule has 1 nitrogen and oxygen atoms in total. The van der Waals surface area contributed by atoms with Crippen LogP contribution < -0.4 is 0 Å². The molecule has 0 aromatic rings. The maximum Gasteiger partial charge on any atom is 0.507 e. The second kappa shape index (κ2) is 1.69. The summed E-state index contributed by atoms with van der Waals surface area (Å²) in [5.74, 6) is -5.84. The first-order chi connectivity index (χ1) is 3.25. The Morgan fingerprint density at radius 1 is 1.12 bits per heavy atom. The van der Waals surface area contributed by atoms with Gasteiger partial charge in [0.25, 0.3) is 0 Å². The molecule has 0 aliphatic rings. The van der Waals surface area contributed by atoms with Gasteiger partial charge in [0.1, 0.15) is 0 Å². The summed E-state index contributed by atoms with van der Waals surface area (Å²) >= 11 is 0. The molecule has 0 amide bonds. The summed E-state index contributed by atoms with van der Waals surface area (Å²) in [5.41, 5.74) is 0. The normalized spacial score (nSPS) is 14.1. The highest BCUT2D eigenvalue weighted by Crippen LogP contribution is 2.63. The zero-order chi connectivity index (χ0) is 7.00. The highest BCUT2D eigenvalue weighted by Gasteiger charge is 2.53. The Hall–Kier alpha value is -0.120. The quantitative estimate of drug-likeness (QED) is 0.387. The molecular formula is CF5OP. The van der Waals surface area contributed by atoms with E-state index in [0.717, 1.165) is 0 Å². The third kappa shape index (κ3) is 1.78. The topological polar surface area (TPSA) is 17.1 Å². The van der Waals surface area contributed by atoms with E-state index in [1.165, 1.54) is 0 Å². The Morgan fingerprint density at radius 3 is 1.25 bits per heavy atom. The van der Waals surface area contributed by atoms with Gasteiger partial charge in [-0.3, -0.25) is 0 Å². The molecule has 0 spiro atoms. The first-order valence-electron chi connectivity index (χ1n) is 1.31. The van der Waals surface area contributed by atoms with E-state index in [1.807, 2.05) is 0 Å². The standard InChI is InChI=1S/CF5OP/c2-1(3,4)8(5,6)7. The van der Waals surface area contributed by atoms with Crippen LogP contribution in [0.4, 0.5) is 21.6 Å². The molecule has 0 rings (SSSR count). The Bertz CT molecular complexity index is 119. The second-order valence-electron chi connectivity index (χ2n) is 0.930. The fraction of sp³-hybridized carbons (Fsp3) is 1.00. The van der Waals surface area contributed by atoms with Crippen LogP contribution in [0.25, 0.3) is 0 Å². The SMILES string of the molecule is O=P(F)(F)C(F)(F)F. The van der Waals surface area contributed by atoms with Crippen LogP contribution in [0.1, 0.15) is 0 Å². The zero-order valence-corrected chi connectivity index (χ0v) is 4.14. The van der Waals surface area contributed by atoms with Crippen LogP contribution in [0.3, 0.4) is 0 Å². The Kier molecular flexibility index (Phi) is 1.66. The van der Waals surface area contributed by atoms with Gasteiger partial charge in [0.15, 0.2) is 0 Å². The smallest absolute Gasteiger partial charge is 0.240 e. The minimum Gasteiger partial charge on any atom is -0.240 e. The summed E-state index contributed by atoms with van der Waals surface area (Å²) < 4.78 is 61.7. The van der Waals surface area contributed by atoms with Crippen molar-refractivity contribution in [2.24, 2.45) is 0 Å². The van der Waals surface area contributed by atoms with Crippen molar-refractivity contribution < 1.29 is 26.1 Å². The van der Waals surface area contributed by atoms with Gasteiger partial charge in [-0.15, -0.1) is 8.39 Å². The van der Waals surface area contributed by atoms with Crippen LogP contribution >= 0.6 is 7.76 Å². The molecule has 0 fully saturated rings. The lowest BCUT2D eigenvalue weighted by Gasteiger charge is -2.00. The van der Waals surface area contributed by atoms with Gasteiger partial charge in [0.05, 0.1) is 0 Å². The molecule has 0 radical (unpaired) electrons. The number of alkyl halides is 3. The molecule has 50 valence electrons. The molecular weight excluding hydrogens is 154 g/mol. The summed E-state index contributed by atoms with van der Waals surface area (Å²) in [7, 11) is -6.85. The van der Waals surface area contributed by atoms with Crippen molar-refractivity contribution in [2.45, 2.75) is 5.92 Å². The van der Waals surface area contributed by atoms with E-state index in [2.05, 4.69) is 0 Å². The van der Waals surface area contributed by atoms with E-state index in [1.54, 1.807) is 0 Å². The lowest BCUT2D eigenvalue weighted by Crippen LogP contribution is -2.00. The predicted octanol–water partition coefficient (Wildman–Crippen LogP) is 2.64. The first-order valence-corrected chi connectivity index (χ1v) is 2.80. The molecule has 0 saturated heterocycles. The molecule has 0 aliphatic carbocycles. The fourth-order valence-corrected chi connectivity index (χ4v) is 0. The molecule has 0 unspecified atom stereocenters. The van der Waals surface area contributed by atoms with Crippen LogP contribution in [-0.2, 0) is 4.57 Å². The molecule has 0 saturated carbocycles. The molecule has 7 heteroatoms. The van der Waals surface area contributed by atoms with E-state index >= 15 is 0 Å². The third-order valence-electron chi connectivity index (χ3n) is 0.295. The average Bonchev–Trinajstić information content (AvgIpc) is 1.25. The first kappa shape index (κ1) is 7.88. The Morgan fingerprint density at radius 2 is 1.25 bits per heavy atom. The fourth-order valence-electron chi connectivity index (χ4n) is 0. The third-order valence-corrected chi connectivity index (χ3v) is 0.886. The lowest BCUT2D eigenvalue weighted by molar-refractivity contribution is -0.0573. The summed E-state index contributed by atoms with van der Waals surface area (Å²) in [6.45, 7) is 0. The average molecular weight is 154 g/mol. The predicted molar refractivity (Wildman–Crippen MR) is 15.9 cm³/mol. The van der Waals surface area contributed by atoms with Crippen molar-refractivity contribution in [3.8, 4) is 0 Å². The van der Waals surface area contributed by atoms with E-state index in [-0.39, 0.29) is 0 Å². The van der Waals surface area contributed by atoms with Gasteiger partial charge in [-0.1, -0.05) is 0 Å². The van der Waals surface area contributed by atoms with Crippen LogP contribution in [0.5, 0.6) is 0 Å². The van der Waals surface area contributed by atoms with Crippen molar-refractivity contribution in [3.05, 3.63) is 0 Å². The summed E-state index contributed by atoms with van der Waals surface area (Å²) in [5, 5.41) is 0. The maximum atomic E-state index is 10.7. The van der Waals surface area contributed by atoms with Crippen LogP contribution in [0.2, 0.25) is 0 Å². The molecule has 0 atom stereocenters. The molecule has 0 heterocycles. The second-order valence-corrected chi connectivity index (χ2v) is 2.36. The Labute approximate surface area is 41.1 Å². The Balaban J connectivity index is 4.26. The zero-order valence-electron chi connectivity index (χ0n) is 3.25. The number of hydrogen-bond donors (Lipinski definition) is 0. The molecule has 0 N–H and O–H groups in total. The van der Waals surface area contributed by atoms with E-state index in [0.29, 0.717) is 0 Å². The summed E-state index contributed by atoms with van der Waals surface area (Å²) in [6.07, 6.45) is 0. The minimum absolute atomic E-state index is 5.84. The number of hydrogen-bond acceptors (Lipinski definition) is 1. The molecule has 0 aliphatic heterocycles. The van der Waals surface area contributed by atoms with Crippen LogP contribution in [0, 0.1) is 0 Å². The van der Waals surface area contributed by atoms with Gasteiger partial charge in [0.2, 0.25) is 0 Å². The van der Waals surface area contributed by atoms with Gasteiger partial charge >= 0.3 is 13.7 Å². The van der Waals surface area contributed by atoms with Crippen molar-refractivity contribution in [3.63, 3.8) is 0 Å². The number of rotatable bonds is 0. The van der Waals surface area contributed by atoms with Crippen molar-refractivity contribution in [1.29, 1.82) is 0 Å². The summed E-state index contributed by atoms with van der Waals surface area (Å²) in [4.78, 5) is 0. The van der Waals surface area contributed by atoms with Crippen molar-refractivity contribution >= 4 is 7.76 Å². The van der Waals surface area contributed by atoms with Crippen molar-refractivity contribution in [1.82, 2.24) is 0 Å². The van der Waals surface area contributed by atoms with Gasteiger partial charge in [0, 0.05) is 0 Å². The largest absolute Gasteiger partial charge is 0.507 e. The highest BCUT2D eigenvalue weighted by atomic mass is 31.2. The van der Waals surface area contributed by atoms with Crippen molar-refractivity contribution in [2.75, 3.05) is 0 Å². The van der Waals surface area contributed by atoms with Gasteiger partial charge in [-0.25, -0.2) is 4.57 Å². The van der Waals surface area contributed by atoms with Gasteiger partial charge in [-0.05, 0) is 0 Å². The molecule has 0 aromatic carbocycles. The monoisotopic (exact) mass is 154 g/mol. The van der Waals surface area contributed by atoms with Crippen LogP contribution in [0.15, 0.2) is 0 Å². The lowest BCUT2D eigenvalue weighted by atomic mass is 11.6. The van der Waals surface area contributed by atoms with E-state index < -0.39 is 13.7 Å². The van der Waals surface area contributed by atoms with E-state index in [9.17, 15) is 21.6 Å². The van der Waals surface area contributed by atoms with Gasteiger partial charge < -0.3 is 0 Å². The number of halogens is 5. The highest BCUT2D eigenvalue weighted by molar-refractivity contribution is 7.54. The summed E-state index contributed by atoms with van der Waals surface area (Å²) in [6, 6.07) is 0. The van der Waals surface area contributed by atoms with Crippen LogP contribution in [-0.4, -0.2) is 5.92 Å². The molecule has 0 bridgehead atoms. The van der Waals surface area contributed by atoms with E-state index in [4.69, 9.17) is 4.57 Å².